The van der Waals surface area contributed by atoms with Crippen LogP contribution in [0.3, 0.4) is 0 Å². The van der Waals surface area contributed by atoms with E-state index in [0.717, 1.165) is 176 Å². The molecule has 12 heteroatoms. The largest absolute Gasteiger partial charge is 1.00 e. The Balaban J connectivity index is 0.00000120. The molecular formula is C72H126BClINaO8-. The van der Waals surface area contributed by atoms with Gasteiger partial charge >= 0.3 is 29.6 Å². The molecule has 8 aliphatic carbocycles. The van der Waals surface area contributed by atoms with Crippen molar-refractivity contribution in [1.29, 1.82) is 5.72 Å². The number of ether oxygens (including phenoxy) is 1. The van der Waals surface area contributed by atoms with Crippen molar-refractivity contribution in [1.82, 2.24) is 0 Å². The van der Waals surface area contributed by atoms with Crippen LogP contribution < -0.4 is 53.5 Å². The van der Waals surface area contributed by atoms with E-state index in [1.165, 1.54) is 23.1 Å². The van der Waals surface area contributed by atoms with Gasteiger partial charge in [0.25, 0.3) is 0 Å². The Morgan fingerprint density at radius 1 is 0.655 bits per heavy atom. The quantitative estimate of drug-likeness (QED) is 0.0642. The van der Waals surface area contributed by atoms with Crippen LogP contribution in [0.4, 0.5) is 0 Å². The zero-order valence-corrected chi connectivity index (χ0v) is 61.2. The van der Waals surface area contributed by atoms with Gasteiger partial charge in [0.15, 0.2) is 11.6 Å². The van der Waals surface area contributed by atoms with Gasteiger partial charge in [0, 0.05) is 34.8 Å². The molecule has 3 radical (unpaired) electrons. The number of aliphatic hydroxyl groups is 4. The Morgan fingerprint density at radius 3 is 1.61 bits per heavy atom. The molecule has 481 valence electrons. The first-order valence-corrected chi connectivity index (χ1v) is 32.4. The summed E-state index contributed by atoms with van der Waals surface area (Å²) in [6, 6.07) is 0. The molecule has 84 heavy (non-hydrogen) atoms. The summed E-state index contributed by atoms with van der Waals surface area (Å²) in [4.78, 5) is 25.0. The fraction of sp³-hybridized carbons (Fsp3) is 0.861. The molecule has 8 nitrogen and oxygen atoms in total. The summed E-state index contributed by atoms with van der Waals surface area (Å²) >= 11 is 0. The summed E-state index contributed by atoms with van der Waals surface area (Å²) < 4.78 is 81.8. The van der Waals surface area contributed by atoms with Gasteiger partial charge in [-0.05, 0) is 284 Å². The summed E-state index contributed by atoms with van der Waals surface area (Å²) in [5, 5.41) is 30.9. The van der Waals surface area contributed by atoms with Crippen molar-refractivity contribution in [2.24, 2.45) is 45.3 Å². The number of fused-ring (bicyclic) bond motifs is 4. The van der Waals surface area contributed by atoms with Crippen molar-refractivity contribution in [3.8, 4) is 0 Å². The smallest absolute Gasteiger partial charge is 1.00 e. The third-order valence-electron chi connectivity index (χ3n) is 22.3. The van der Waals surface area contributed by atoms with Crippen LogP contribution in [0, 0.1) is 45.3 Å². The summed E-state index contributed by atoms with van der Waals surface area (Å²) in [6.45, 7) is 33.6. The molecule has 1 heterocycles. The summed E-state index contributed by atoms with van der Waals surface area (Å²) in [6.07, 6.45) is 23.0. The molecule has 10 atom stereocenters. The number of halogens is 2. The molecule has 9 rings (SSSR count). The van der Waals surface area contributed by atoms with Gasteiger partial charge < -0.3 is 56.1 Å². The van der Waals surface area contributed by atoms with Crippen molar-refractivity contribution >= 4 is 32.4 Å². The second-order valence-electron chi connectivity index (χ2n) is 30.2. The van der Waals surface area contributed by atoms with Crippen LogP contribution in [0.15, 0.2) is 45.1 Å². The number of aliphatic hydroxyl groups excluding tert-OH is 1. The SMILES string of the molecule is CCCCC1=C2C[C@H](C(C)(C)O)CC[C@]2(C)CCC1=O.Cl.[2H]C1([2H])C=C(CCCC)[C@@]23C[C@@H](CC[C@]2(C)C1)C(C)(C)O3.[2H]OC(C)(C)[C@@H]1CC[C@]2(C)CC([2H])([2H])C(=O)C(CCCC)=C2C1.[2H]OC(C)(C)[C@@H]1CC[C@]2(C)CC([2H])([2H])C(O)C(CCCC)=C2C1.[2H]O[2H].[B].[H-].[I-].[Na+]. The fourth-order valence-electron chi connectivity index (χ4n) is 16.1. The van der Waals surface area contributed by atoms with E-state index in [1.807, 2.05) is 47.6 Å². The molecular weight excluding hydrogens is 1190 g/mol. The van der Waals surface area contributed by atoms with E-state index in [0.29, 0.717) is 43.3 Å². The van der Waals surface area contributed by atoms with Crippen LogP contribution in [-0.2, 0) is 14.3 Å². The van der Waals surface area contributed by atoms with Crippen molar-refractivity contribution in [2.75, 3.05) is 0 Å². The Kier molecular flexibility index (Phi) is 25.9. The average molecular weight is 1330 g/mol. The van der Waals surface area contributed by atoms with Gasteiger partial charge in [0.05, 0.1) is 34.1 Å². The van der Waals surface area contributed by atoms with Crippen molar-refractivity contribution in [3.63, 3.8) is 0 Å². The first kappa shape index (κ1) is 65.6. The molecule has 6 N–H and O–H groups in total. The number of carbonyl (C=O) groups excluding carboxylic acids is 2. The third kappa shape index (κ3) is 18.9. The number of allylic oxidation sites excluding steroid dienone is 6. The molecule has 5 fully saturated rings. The molecule has 2 bridgehead atoms. The molecule has 0 aromatic rings. The van der Waals surface area contributed by atoms with Gasteiger partial charge in [-0.3, -0.25) is 9.59 Å². The summed E-state index contributed by atoms with van der Waals surface area (Å²) in [5.74, 6) is 1.45. The predicted molar refractivity (Wildman–Crippen MR) is 347 cm³/mol. The second-order valence-corrected chi connectivity index (χ2v) is 30.2. The van der Waals surface area contributed by atoms with Crippen LogP contribution in [-0.4, -0.2) is 85.7 Å². The Hall–Kier alpha value is 0.145. The van der Waals surface area contributed by atoms with Crippen LogP contribution >= 0.6 is 12.4 Å². The Bertz CT molecular complexity index is 2620. The van der Waals surface area contributed by atoms with Crippen molar-refractivity contribution in [3.05, 3.63) is 45.1 Å². The van der Waals surface area contributed by atoms with Crippen LogP contribution in [0.1, 0.15) is 326 Å². The normalized spacial score (nSPS) is 36.6. The van der Waals surface area contributed by atoms with E-state index < -0.39 is 42.0 Å². The van der Waals surface area contributed by atoms with Gasteiger partial charge in [-0.15, -0.1) is 12.4 Å². The molecule has 0 aromatic carbocycles. The number of rotatable bonds is 17. The monoisotopic (exact) mass is 1320 g/mol. The maximum Gasteiger partial charge on any atom is 1.00 e. The molecule has 9 aliphatic rings. The van der Waals surface area contributed by atoms with Crippen LogP contribution in [0.2, 0.25) is 0 Å². The van der Waals surface area contributed by atoms with E-state index in [-0.39, 0.29) is 126 Å². The fourth-order valence-corrected chi connectivity index (χ4v) is 16.1. The van der Waals surface area contributed by atoms with Crippen LogP contribution in [0.25, 0.3) is 0 Å². The molecule has 1 saturated heterocycles. The average Bonchev–Trinajstić information content (AvgIpc) is 1.58. The minimum Gasteiger partial charge on any atom is -1.00 e. The summed E-state index contributed by atoms with van der Waals surface area (Å²) in [5.41, 5.74) is 8.42. The van der Waals surface area contributed by atoms with E-state index in [1.54, 1.807) is 0 Å². The summed E-state index contributed by atoms with van der Waals surface area (Å²) in [7, 11) is 0. The van der Waals surface area contributed by atoms with E-state index in [9.17, 15) is 19.8 Å². The first-order chi connectivity index (χ1) is 41.5. The first-order valence-electron chi connectivity index (χ1n) is 37.1. The van der Waals surface area contributed by atoms with E-state index in [2.05, 4.69) is 74.7 Å². The number of hydrogen-bond donors (Lipinski definition) is 4. The van der Waals surface area contributed by atoms with Gasteiger partial charge in [-0.2, -0.15) is 0 Å². The number of unbranched alkanes of at least 4 members (excludes halogenated alkanes) is 4. The van der Waals surface area contributed by atoms with Gasteiger partial charge in [-0.25, -0.2) is 0 Å². The van der Waals surface area contributed by atoms with Crippen molar-refractivity contribution in [2.45, 2.75) is 350 Å². The molecule has 4 saturated carbocycles. The Morgan fingerprint density at radius 2 is 1.11 bits per heavy atom. The number of hydrogen-bond acceptors (Lipinski definition) is 7. The minimum atomic E-state index is -1.74. The van der Waals surface area contributed by atoms with Gasteiger partial charge in [-0.1, -0.05) is 104 Å². The maximum absolute atomic E-state index is 12.7. The number of Topliss-reactive ketones (excluding diaryl/α,β-unsaturated/α-hetero) is 2. The minimum absolute atomic E-state index is 0. The zero-order chi connectivity index (χ0) is 68.1. The van der Waals surface area contributed by atoms with Gasteiger partial charge in [0.1, 0.15) is 0 Å². The standard InChI is InChI=1S/C18H32O2.2C18H30O2.C18H30O.B.ClH.HI.Na.H2O.H/c3*1-5-6-7-14-15-12-13(17(2,3)20)8-10-18(15,4)11-9-16(14)19;1-5-6-8-14-9-7-11-17(4)12-10-15-13-18(14,17)19-16(15,2)3;;;;;;/h13,16,19-20H,5-12H2,1-4H3;2*13,20H,5-12H2,1-4H3;9,15H,5-8,10-13H2,1-4H3;;2*1H;;1H2;/q;;;;;;;+1;;-1/p-1/t13-,16?,18-;2*13-,18-;15-,17+,18+;;;;;;/m1111....../s1/i2*9D2,20D;;7D2;;;;;;/hD2. The third-order valence-corrected chi connectivity index (χ3v) is 22.3. The molecule has 1 unspecified atom stereocenters. The second kappa shape index (κ2) is 33.1. The molecule has 0 amide bonds. The number of ketones is 2. The van der Waals surface area contributed by atoms with E-state index in [4.69, 9.17) is 28.9 Å². The topological polar surface area (TPSA) is 156 Å². The predicted octanol–water partition coefficient (Wildman–Crippen LogP) is 11.6. The zero-order valence-electron chi connectivity index (χ0n) is 67.2. The molecule has 1 aliphatic heterocycles. The number of carbonyl (C=O) groups is 2. The maximum atomic E-state index is 12.7. The van der Waals surface area contributed by atoms with Gasteiger partial charge in [0.2, 0.25) is 5.72 Å². The van der Waals surface area contributed by atoms with Crippen molar-refractivity contribution < 1.29 is 103 Å². The Labute approximate surface area is 578 Å². The van der Waals surface area contributed by atoms with E-state index >= 15 is 0 Å². The molecule has 1 spiro atoms. The molecule has 0 aromatic heterocycles. The van der Waals surface area contributed by atoms with Crippen LogP contribution in [0.5, 0.6) is 0 Å².